The van der Waals surface area contributed by atoms with Crippen molar-refractivity contribution in [3.8, 4) is 6.07 Å². The normalized spacial score (nSPS) is 11.5. The van der Waals surface area contributed by atoms with Crippen LogP contribution in [0, 0.1) is 18.3 Å². The summed E-state index contributed by atoms with van der Waals surface area (Å²) in [6.45, 7) is 4.07. The average molecular weight is 410 g/mol. The maximum Gasteiger partial charge on any atom is 0.328 e. The van der Waals surface area contributed by atoms with Crippen LogP contribution in [-0.2, 0) is 20.5 Å². The van der Waals surface area contributed by atoms with E-state index in [0.29, 0.717) is 11.2 Å². The lowest BCUT2D eigenvalue weighted by molar-refractivity contribution is 0.795. The third-order valence-corrected chi connectivity index (χ3v) is 6.12. The Kier molecular flexibility index (Phi) is 4.12. The van der Waals surface area contributed by atoms with Gasteiger partial charge in [-0.15, -0.1) is 0 Å². The number of hydrogen-bond donors (Lipinski definition) is 1. The van der Waals surface area contributed by atoms with Gasteiger partial charge in [0.25, 0.3) is 0 Å². The maximum absolute atomic E-state index is 12.3. The van der Waals surface area contributed by atoms with Gasteiger partial charge >= 0.3 is 5.69 Å². The monoisotopic (exact) mass is 410 g/mol. The molecule has 7 nitrogen and oxygen atoms in total. The molecular weight excluding hydrogens is 388 g/mol. The van der Waals surface area contributed by atoms with Gasteiger partial charge in [0.15, 0.2) is 5.65 Å². The number of rotatable bonds is 3. The Morgan fingerprint density at radius 3 is 2.55 bits per heavy atom. The van der Waals surface area contributed by atoms with Gasteiger partial charge in [0.05, 0.1) is 27.6 Å². The first-order chi connectivity index (χ1) is 15.0. The highest BCUT2D eigenvalue weighted by molar-refractivity contribution is 5.88. The summed E-state index contributed by atoms with van der Waals surface area (Å²) in [4.78, 5) is 17.1. The molecule has 31 heavy (non-hydrogen) atoms. The predicted octanol–water partition coefficient (Wildman–Crippen LogP) is 4.16. The highest BCUT2D eigenvalue weighted by Gasteiger charge is 2.20. The van der Waals surface area contributed by atoms with Crippen molar-refractivity contribution in [3.05, 3.63) is 69.6 Å². The van der Waals surface area contributed by atoms with Crippen LogP contribution in [0.4, 0.5) is 11.5 Å². The van der Waals surface area contributed by atoms with Crippen LogP contribution in [0.5, 0.6) is 0 Å². The van der Waals surface area contributed by atoms with Gasteiger partial charge in [-0.05, 0) is 54.8 Å². The van der Waals surface area contributed by atoms with E-state index < -0.39 is 0 Å². The molecule has 0 atom stereocenters. The summed E-state index contributed by atoms with van der Waals surface area (Å²) in [5, 5.41) is 13.4. The third kappa shape index (κ3) is 2.58. The molecule has 0 radical (unpaired) electrons. The van der Waals surface area contributed by atoms with E-state index in [1.54, 1.807) is 23.2 Å². The van der Waals surface area contributed by atoms with Crippen LogP contribution in [-0.4, -0.2) is 18.5 Å². The van der Waals surface area contributed by atoms with Crippen LogP contribution in [0.3, 0.4) is 0 Å². The smallest absolute Gasteiger partial charge is 0.328 e. The zero-order chi connectivity index (χ0) is 21.9. The van der Waals surface area contributed by atoms with Crippen LogP contribution in [0.2, 0.25) is 0 Å². The van der Waals surface area contributed by atoms with Gasteiger partial charge in [-0.1, -0.05) is 19.1 Å². The van der Waals surface area contributed by atoms with Gasteiger partial charge < -0.3 is 5.32 Å². The van der Waals surface area contributed by atoms with E-state index in [4.69, 9.17) is 4.98 Å². The second-order valence-corrected chi connectivity index (χ2v) is 7.78. The zero-order valence-corrected chi connectivity index (χ0v) is 17.9. The van der Waals surface area contributed by atoms with Crippen LogP contribution in [0.1, 0.15) is 23.6 Å². The van der Waals surface area contributed by atoms with Crippen molar-refractivity contribution >= 4 is 39.2 Å². The third-order valence-electron chi connectivity index (χ3n) is 6.12. The van der Waals surface area contributed by atoms with E-state index in [9.17, 15) is 10.1 Å². The summed E-state index contributed by atoms with van der Waals surface area (Å²) in [6, 6.07) is 16.2. The van der Waals surface area contributed by atoms with Crippen molar-refractivity contribution in [2.24, 2.45) is 14.1 Å². The molecule has 3 aromatic heterocycles. The molecule has 0 aliphatic heterocycles. The minimum absolute atomic E-state index is 0.0568. The number of para-hydroxylation sites is 2. The molecule has 7 heteroatoms. The fourth-order valence-electron chi connectivity index (χ4n) is 4.47. The Morgan fingerprint density at radius 2 is 1.81 bits per heavy atom. The van der Waals surface area contributed by atoms with Crippen molar-refractivity contribution in [2.75, 3.05) is 5.32 Å². The van der Waals surface area contributed by atoms with Gasteiger partial charge in [0.2, 0.25) is 0 Å². The number of aromatic nitrogens is 4. The molecule has 5 aromatic rings. The van der Waals surface area contributed by atoms with Crippen LogP contribution >= 0.6 is 0 Å². The summed E-state index contributed by atoms with van der Waals surface area (Å²) in [5.41, 5.74) is 7.57. The molecule has 0 unspecified atom stereocenters. The average Bonchev–Trinajstić information content (AvgIpc) is 3.25. The van der Waals surface area contributed by atoms with E-state index in [2.05, 4.69) is 18.3 Å². The number of anilines is 2. The lowest BCUT2D eigenvalue weighted by Gasteiger charge is -2.18. The molecule has 0 amide bonds. The number of imidazole rings is 2. The maximum atomic E-state index is 12.3. The molecule has 5 rings (SSSR count). The number of nitrogens with zero attached hydrogens (tertiary/aromatic N) is 5. The first-order valence-electron chi connectivity index (χ1n) is 10.2. The molecular formula is C24H22N6O. The van der Waals surface area contributed by atoms with Crippen molar-refractivity contribution in [1.29, 1.82) is 5.26 Å². The molecule has 0 fully saturated rings. The highest BCUT2D eigenvalue weighted by atomic mass is 16.1. The standard InChI is InChI=1S/C24H22N6O/c1-5-16-14(2)17(13-25)23-27-18-8-6-7-9-19(18)30(23)22(16)26-15-10-11-20-21(12-15)29(4)24(31)28(20)3/h6-12,26H,5H2,1-4H3. The number of nitrogens with one attached hydrogen (secondary N) is 1. The lowest BCUT2D eigenvalue weighted by Crippen LogP contribution is -2.19. The highest BCUT2D eigenvalue weighted by Crippen LogP contribution is 2.33. The largest absolute Gasteiger partial charge is 0.341 e. The molecule has 0 bridgehead atoms. The molecule has 2 aromatic carbocycles. The van der Waals surface area contributed by atoms with Gasteiger partial charge in [0, 0.05) is 19.8 Å². The Balaban J connectivity index is 1.82. The fourth-order valence-corrected chi connectivity index (χ4v) is 4.47. The van der Waals surface area contributed by atoms with Gasteiger partial charge in [-0.2, -0.15) is 5.26 Å². The summed E-state index contributed by atoms with van der Waals surface area (Å²) in [7, 11) is 3.55. The van der Waals surface area contributed by atoms with E-state index in [-0.39, 0.29) is 5.69 Å². The number of fused-ring (bicyclic) bond motifs is 4. The molecule has 0 saturated heterocycles. The van der Waals surface area contributed by atoms with Crippen molar-refractivity contribution in [3.63, 3.8) is 0 Å². The zero-order valence-electron chi connectivity index (χ0n) is 17.9. The van der Waals surface area contributed by atoms with Gasteiger partial charge in [-0.25, -0.2) is 9.78 Å². The van der Waals surface area contributed by atoms with Gasteiger partial charge in [0.1, 0.15) is 11.9 Å². The molecule has 0 saturated carbocycles. The fraction of sp³-hybridized carbons (Fsp3) is 0.208. The van der Waals surface area contributed by atoms with Crippen LogP contribution in [0.25, 0.3) is 27.7 Å². The summed E-state index contributed by atoms with van der Waals surface area (Å²) in [5.74, 6) is 0.892. The minimum Gasteiger partial charge on any atom is -0.341 e. The molecule has 1 N–H and O–H groups in total. The van der Waals surface area contributed by atoms with Crippen molar-refractivity contribution < 1.29 is 0 Å². The Hall–Kier alpha value is -4.05. The first kappa shape index (κ1) is 18.9. The Morgan fingerprint density at radius 1 is 1.06 bits per heavy atom. The number of benzene rings is 2. The summed E-state index contributed by atoms with van der Waals surface area (Å²) < 4.78 is 5.32. The SMILES string of the molecule is CCc1c(C)c(C#N)c2nc3ccccc3n2c1Nc1ccc2c(c1)n(C)c(=O)n2C. The number of aryl methyl sites for hydroxylation is 2. The predicted molar refractivity (Wildman–Crippen MR) is 123 cm³/mol. The van der Waals surface area contributed by atoms with E-state index in [1.807, 2.05) is 53.8 Å². The summed E-state index contributed by atoms with van der Waals surface area (Å²) in [6.07, 6.45) is 0.761. The Labute approximate surface area is 178 Å². The van der Waals surface area contributed by atoms with Crippen LogP contribution in [0.15, 0.2) is 47.3 Å². The summed E-state index contributed by atoms with van der Waals surface area (Å²) >= 11 is 0. The molecule has 3 heterocycles. The number of hydrogen-bond acceptors (Lipinski definition) is 4. The number of nitriles is 1. The van der Waals surface area contributed by atoms with Crippen LogP contribution < -0.4 is 11.0 Å². The van der Waals surface area contributed by atoms with Gasteiger partial charge in [-0.3, -0.25) is 13.5 Å². The molecule has 154 valence electrons. The molecule has 0 spiro atoms. The van der Waals surface area contributed by atoms with Crippen molar-refractivity contribution in [2.45, 2.75) is 20.3 Å². The van der Waals surface area contributed by atoms with E-state index in [0.717, 1.165) is 51.1 Å². The molecule has 0 aliphatic rings. The molecule has 0 aliphatic carbocycles. The number of pyridine rings is 1. The van der Waals surface area contributed by atoms with E-state index in [1.165, 1.54) is 0 Å². The lowest BCUT2D eigenvalue weighted by atomic mass is 10.0. The quantitative estimate of drug-likeness (QED) is 0.484. The topological polar surface area (TPSA) is 80.1 Å². The Bertz CT molecular complexity index is 1610. The first-order valence-corrected chi connectivity index (χ1v) is 10.2. The van der Waals surface area contributed by atoms with E-state index >= 15 is 0 Å². The minimum atomic E-state index is -0.0568. The second-order valence-electron chi connectivity index (χ2n) is 7.78. The van der Waals surface area contributed by atoms with Crippen molar-refractivity contribution in [1.82, 2.24) is 18.5 Å². The second kappa shape index (κ2) is 6.74.